The lowest BCUT2D eigenvalue weighted by Crippen LogP contribution is -2.11. The fourth-order valence-electron chi connectivity index (χ4n) is 3.40. The third-order valence-corrected chi connectivity index (χ3v) is 6.47. The fourth-order valence-corrected chi connectivity index (χ4v) is 4.71. The molecule has 4 rings (SSSR count). The first-order chi connectivity index (χ1) is 15.4. The Labute approximate surface area is 200 Å². The molecule has 0 amide bonds. The van der Waals surface area contributed by atoms with Crippen molar-refractivity contribution in [1.29, 1.82) is 0 Å². The standard InChI is InChI=1S/C25H20Cl2FNO2S/c1-29(30)14-16-2-4-17(5-3-16)25-21(10-11-32-25)22-12-19(26)7-9-24(22)31-15-18-6-8-20(28)13-23(18)27/h2-13,30H,14-15H2,1H3. The number of hydrogen-bond donors (Lipinski definition) is 1. The number of rotatable bonds is 7. The Hall–Kier alpha value is -2.41. The molecule has 1 heterocycles. The van der Waals surface area contributed by atoms with Gasteiger partial charge < -0.3 is 9.94 Å². The molecule has 0 saturated carbocycles. The molecule has 3 aromatic carbocycles. The van der Waals surface area contributed by atoms with Crippen LogP contribution in [0.4, 0.5) is 4.39 Å². The van der Waals surface area contributed by atoms with Crippen molar-refractivity contribution in [2.75, 3.05) is 7.05 Å². The molecule has 0 spiro atoms. The maximum atomic E-state index is 13.3. The van der Waals surface area contributed by atoms with Gasteiger partial charge in [-0.05, 0) is 52.9 Å². The normalized spacial score (nSPS) is 11.2. The molecule has 1 N–H and O–H groups in total. The summed E-state index contributed by atoms with van der Waals surface area (Å²) >= 11 is 14.1. The molecule has 0 radical (unpaired) electrons. The summed E-state index contributed by atoms with van der Waals surface area (Å²) in [5, 5.41) is 13.6. The summed E-state index contributed by atoms with van der Waals surface area (Å²) in [5.74, 6) is 0.276. The Morgan fingerprint density at radius 1 is 0.969 bits per heavy atom. The first-order valence-electron chi connectivity index (χ1n) is 9.84. The summed E-state index contributed by atoms with van der Waals surface area (Å²) in [6.45, 7) is 0.659. The summed E-state index contributed by atoms with van der Waals surface area (Å²) in [6.07, 6.45) is 0. The minimum Gasteiger partial charge on any atom is -0.488 e. The Kier molecular flexibility index (Phi) is 7.13. The molecule has 0 unspecified atom stereocenters. The van der Waals surface area contributed by atoms with E-state index in [1.54, 1.807) is 30.5 Å². The summed E-state index contributed by atoms with van der Waals surface area (Å²) in [6, 6.07) is 19.9. The van der Waals surface area contributed by atoms with E-state index in [1.807, 2.05) is 47.8 Å². The van der Waals surface area contributed by atoms with E-state index >= 15 is 0 Å². The van der Waals surface area contributed by atoms with Gasteiger partial charge in [-0.15, -0.1) is 11.3 Å². The monoisotopic (exact) mass is 487 g/mol. The average Bonchev–Trinajstić information content (AvgIpc) is 3.24. The summed E-state index contributed by atoms with van der Waals surface area (Å²) < 4.78 is 19.4. The van der Waals surface area contributed by atoms with Crippen molar-refractivity contribution in [2.45, 2.75) is 13.2 Å². The van der Waals surface area contributed by atoms with Crippen molar-refractivity contribution in [1.82, 2.24) is 5.06 Å². The molecule has 4 aromatic rings. The van der Waals surface area contributed by atoms with Gasteiger partial charge in [0.2, 0.25) is 0 Å². The number of thiophene rings is 1. The van der Waals surface area contributed by atoms with Crippen LogP contribution in [0.5, 0.6) is 5.75 Å². The molecule has 0 aliphatic heterocycles. The Balaban J connectivity index is 1.65. The van der Waals surface area contributed by atoms with E-state index in [9.17, 15) is 9.60 Å². The zero-order chi connectivity index (χ0) is 22.7. The largest absolute Gasteiger partial charge is 0.488 e. The number of nitrogens with zero attached hydrogens (tertiary/aromatic N) is 1. The molecule has 32 heavy (non-hydrogen) atoms. The first kappa shape index (κ1) is 22.8. The number of hydrogen-bond acceptors (Lipinski definition) is 4. The summed E-state index contributed by atoms with van der Waals surface area (Å²) in [4.78, 5) is 1.08. The van der Waals surface area contributed by atoms with Crippen LogP contribution in [-0.2, 0) is 13.2 Å². The van der Waals surface area contributed by atoms with Gasteiger partial charge >= 0.3 is 0 Å². The molecule has 0 aliphatic rings. The maximum Gasteiger partial charge on any atom is 0.127 e. The summed E-state index contributed by atoms with van der Waals surface area (Å²) in [5.41, 5.74) is 4.64. The van der Waals surface area contributed by atoms with Gasteiger partial charge in [0.05, 0.1) is 5.02 Å². The van der Waals surface area contributed by atoms with Gasteiger partial charge in [0, 0.05) is 40.2 Å². The topological polar surface area (TPSA) is 32.7 Å². The molecular formula is C25H20Cl2FNO2S. The van der Waals surface area contributed by atoms with Gasteiger partial charge in [-0.3, -0.25) is 0 Å². The number of hydroxylamine groups is 2. The average molecular weight is 488 g/mol. The van der Waals surface area contributed by atoms with Crippen molar-refractivity contribution in [3.05, 3.63) is 99.1 Å². The molecule has 0 saturated heterocycles. The highest BCUT2D eigenvalue weighted by Crippen LogP contribution is 2.42. The van der Waals surface area contributed by atoms with Crippen LogP contribution in [0.15, 0.2) is 72.1 Å². The molecular weight excluding hydrogens is 468 g/mol. The van der Waals surface area contributed by atoms with Crippen LogP contribution in [0.3, 0.4) is 0 Å². The van der Waals surface area contributed by atoms with Crippen molar-refractivity contribution in [2.24, 2.45) is 0 Å². The Morgan fingerprint density at radius 3 is 2.47 bits per heavy atom. The second-order valence-electron chi connectivity index (χ2n) is 7.34. The molecule has 3 nitrogen and oxygen atoms in total. The van der Waals surface area contributed by atoms with Gasteiger partial charge in [0.25, 0.3) is 0 Å². The molecule has 164 valence electrons. The smallest absolute Gasteiger partial charge is 0.127 e. The zero-order valence-electron chi connectivity index (χ0n) is 17.2. The highest BCUT2D eigenvalue weighted by Gasteiger charge is 2.15. The van der Waals surface area contributed by atoms with Crippen LogP contribution < -0.4 is 4.74 Å². The SMILES string of the molecule is CN(O)Cc1ccc(-c2sccc2-c2cc(Cl)ccc2OCc2ccc(F)cc2Cl)cc1. The van der Waals surface area contributed by atoms with E-state index in [0.29, 0.717) is 27.9 Å². The van der Waals surface area contributed by atoms with Crippen molar-refractivity contribution >= 4 is 34.5 Å². The van der Waals surface area contributed by atoms with Gasteiger partial charge in [0.15, 0.2) is 0 Å². The Morgan fingerprint density at radius 2 is 1.75 bits per heavy atom. The van der Waals surface area contributed by atoms with Crippen LogP contribution >= 0.6 is 34.5 Å². The number of benzene rings is 3. The minimum atomic E-state index is -0.384. The Bertz CT molecular complexity index is 1230. The number of ether oxygens (including phenoxy) is 1. The van der Waals surface area contributed by atoms with E-state index in [0.717, 1.165) is 32.2 Å². The number of halogens is 3. The maximum absolute atomic E-state index is 13.3. The van der Waals surface area contributed by atoms with Crippen molar-refractivity contribution < 1.29 is 14.3 Å². The molecule has 0 bridgehead atoms. The second kappa shape index (κ2) is 10.0. The molecule has 0 atom stereocenters. The van der Waals surface area contributed by atoms with Crippen molar-refractivity contribution in [3.63, 3.8) is 0 Å². The van der Waals surface area contributed by atoms with Gasteiger partial charge in [-0.2, -0.15) is 5.06 Å². The second-order valence-corrected chi connectivity index (χ2v) is 9.10. The van der Waals surface area contributed by atoms with Gasteiger partial charge in [-0.25, -0.2) is 4.39 Å². The molecule has 7 heteroatoms. The van der Waals surface area contributed by atoms with E-state index in [-0.39, 0.29) is 12.4 Å². The van der Waals surface area contributed by atoms with Crippen LogP contribution in [0.1, 0.15) is 11.1 Å². The first-order valence-corrected chi connectivity index (χ1v) is 11.5. The van der Waals surface area contributed by atoms with Gasteiger partial charge in [-0.1, -0.05) is 53.5 Å². The third-order valence-electron chi connectivity index (χ3n) is 4.92. The summed E-state index contributed by atoms with van der Waals surface area (Å²) in [7, 11) is 1.62. The van der Waals surface area contributed by atoms with E-state index in [2.05, 4.69) is 0 Å². The quantitative estimate of drug-likeness (QED) is 0.268. The lowest BCUT2D eigenvalue weighted by atomic mass is 10.0. The predicted molar refractivity (Wildman–Crippen MR) is 129 cm³/mol. The van der Waals surface area contributed by atoms with Crippen LogP contribution in [0, 0.1) is 5.82 Å². The lowest BCUT2D eigenvalue weighted by Gasteiger charge is -2.14. The molecule has 0 fully saturated rings. The van der Waals surface area contributed by atoms with E-state index in [1.165, 1.54) is 12.1 Å². The van der Waals surface area contributed by atoms with Crippen LogP contribution in [0.2, 0.25) is 10.0 Å². The van der Waals surface area contributed by atoms with E-state index in [4.69, 9.17) is 27.9 Å². The highest BCUT2D eigenvalue weighted by atomic mass is 35.5. The van der Waals surface area contributed by atoms with Crippen molar-refractivity contribution in [3.8, 4) is 27.3 Å². The highest BCUT2D eigenvalue weighted by molar-refractivity contribution is 7.14. The minimum absolute atomic E-state index is 0.205. The molecule has 1 aromatic heterocycles. The van der Waals surface area contributed by atoms with Crippen LogP contribution in [-0.4, -0.2) is 17.3 Å². The van der Waals surface area contributed by atoms with Gasteiger partial charge in [0.1, 0.15) is 18.2 Å². The lowest BCUT2D eigenvalue weighted by molar-refractivity contribution is -0.0731. The third kappa shape index (κ3) is 5.31. The zero-order valence-corrected chi connectivity index (χ0v) is 19.5. The fraction of sp³-hybridized carbons (Fsp3) is 0.120. The van der Waals surface area contributed by atoms with Crippen LogP contribution in [0.25, 0.3) is 21.6 Å². The van der Waals surface area contributed by atoms with E-state index < -0.39 is 0 Å². The predicted octanol–water partition coefficient (Wildman–Crippen LogP) is 7.93. The molecule has 0 aliphatic carbocycles.